The quantitative estimate of drug-likeness (QED) is 0.237. The monoisotopic (exact) mass is 402 g/mol. The smallest absolute Gasteiger partial charge is 0.743 e. The average Bonchev–Trinajstić information content (AvgIpc) is 2.12. The van der Waals surface area contributed by atoms with Gasteiger partial charge in [-0.1, -0.05) is 3.89 Å². The van der Waals surface area contributed by atoms with Gasteiger partial charge in [0, 0.05) is 0 Å². The Hall–Kier alpha value is 0.866. The van der Waals surface area contributed by atoms with Gasteiger partial charge in [0.15, 0.2) is 10.1 Å². The molecule has 17 heteroatoms. The first-order chi connectivity index (χ1) is 8.25. The molecule has 0 aliphatic rings. The predicted molar refractivity (Wildman–Crippen MR) is 39.5 cm³/mol. The van der Waals surface area contributed by atoms with Gasteiger partial charge in [0.25, 0.3) is 0 Å². The second-order valence-corrected chi connectivity index (χ2v) is 5.88. The summed E-state index contributed by atoms with van der Waals surface area (Å²) in [7, 11) is -15.5. The van der Waals surface area contributed by atoms with Crippen molar-refractivity contribution in [1.82, 2.24) is 0 Å². The third-order valence-electron chi connectivity index (χ3n) is 1.75. The van der Waals surface area contributed by atoms with Gasteiger partial charge in [0.2, 0.25) is 0 Å². The van der Waals surface area contributed by atoms with Crippen molar-refractivity contribution in [3.8, 4) is 0 Å². The molecule has 0 aromatic rings. The van der Waals surface area contributed by atoms with Crippen LogP contribution in [0.25, 0.3) is 0 Å². The maximum absolute atomic E-state index is 12.5. The molecule has 0 radical (unpaired) electrons. The van der Waals surface area contributed by atoms with Crippen LogP contribution in [0.5, 0.6) is 0 Å². The van der Waals surface area contributed by atoms with Gasteiger partial charge in [0.05, 0.1) is 0 Å². The summed E-state index contributed by atoms with van der Waals surface area (Å²) in [5.41, 5.74) is 0. The number of hydrogen-bond acceptors (Lipinski definition) is 5. The van der Waals surface area contributed by atoms with Crippen molar-refractivity contribution in [3.05, 3.63) is 0 Å². The van der Waals surface area contributed by atoms with Gasteiger partial charge < -0.3 is 4.55 Å². The molecule has 0 spiro atoms. The van der Waals surface area contributed by atoms with Gasteiger partial charge in [-0.25, -0.2) is 8.42 Å². The molecule has 0 aromatic carbocycles. The first-order valence-electron chi connectivity index (χ1n) is 3.66. The van der Waals surface area contributed by atoms with Gasteiger partial charge in [0.1, 0.15) is 0 Å². The molecule has 0 aliphatic heterocycles. The zero-order valence-corrected chi connectivity index (χ0v) is 14.0. The van der Waals surface area contributed by atoms with E-state index in [9.17, 15) is 60.4 Å². The normalized spacial score (nSPS) is 15.5. The molecule has 5 nitrogen and oxygen atoms in total. The van der Waals surface area contributed by atoms with E-state index in [4.69, 9.17) is 0 Å². The largest absolute Gasteiger partial charge is 1.00 e. The molecule has 0 saturated heterocycles. The number of halogens is 9. The molecule has 0 unspecified atom stereocenters. The number of rotatable bonds is 5. The first-order valence-corrected chi connectivity index (χ1v) is 6.45. The van der Waals surface area contributed by atoms with Crippen LogP contribution in [0.3, 0.4) is 0 Å². The Morgan fingerprint density at radius 1 is 0.667 bits per heavy atom. The molecule has 0 atom stereocenters. The maximum atomic E-state index is 12.5. The third-order valence-corrected chi connectivity index (χ3v) is 3.50. The molecule has 0 N–H and O–H groups in total. The number of alkyl halides is 8. The zero-order valence-electron chi connectivity index (χ0n) is 9.26. The summed E-state index contributed by atoms with van der Waals surface area (Å²) in [6.45, 7) is 0. The molecular formula is C4F9KO5S2. The summed E-state index contributed by atoms with van der Waals surface area (Å²) in [5, 5.41) is -14.8. The van der Waals surface area contributed by atoms with E-state index in [0.717, 1.165) is 0 Å². The summed E-state index contributed by atoms with van der Waals surface area (Å²) in [6.07, 6.45) is 0. The molecule has 0 rings (SSSR count). The third kappa shape index (κ3) is 3.53. The second-order valence-electron chi connectivity index (χ2n) is 3.07. The zero-order chi connectivity index (χ0) is 17.0. The molecular weight excluding hydrogens is 402 g/mol. The summed E-state index contributed by atoms with van der Waals surface area (Å²) in [5.74, 6) is -15.5. The summed E-state index contributed by atoms with van der Waals surface area (Å²) < 4.78 is 160. The van der Waals surface area contributed by atoms with Gasteiger partial charge in [-0.05, 0) is 0 Å². The van der Waals surface area contributed by atoms with Gasteiger partial charge in [-0.2, -0.15) is 43.5 Å². The van der Waals surface area contributed by atoms with E-state index >= 15 is 0 Å². The van der Waals surface area contributed by atoms with E-state index in [1.807, 2.05) is 0 Å². The van der Waals surface area contributed by atoms with Gasteiger partial charge >= 0.3 is 84.0 Å². The maximum Gasteiger partial charge on any atom is 1.00 e. The van der Waals surface area contributed by atoms with Gasteiger partial charge in [-0.15, -0.1) is 0 Å². The SMILES string of the molecule is O=S(=O)([O-])C(F)(F)C(F)(F)C(F)(F)C(F)(F)S(=O)(=O)F.[K+]. The number of hydrogen-bond donors (Lipinski definition) is 0. The Morgan fingerprint density at radius 2 is 0.905 bits per heavy atom. The van der Waals surface area contributed by atoms with Crippen LogP contribution >= 0.6 is 0 Å². The summed E-state index contributed by atoms with van der Waals surface area (Å²) >= 11 is 0. The van der Waals surface area contributed by atoms with Crippen LogP contribution in [0.1, 0.15) is 0 Å². The van der Waals surface area contributed by atoms with Crippen LogP contribution in [-0.4, -0.2) is 43.7 Å². The Balaban J connectivity index is 0. The Morgan fingerprint density at radius 3 is 1.10 bits per heavy atom. The van der Waals surface area contributed by atoms with E-state index in [0.29, 0.717) is 0 Å². The topological polar surface area (TPSA) is 91.3 Å². The van der Waals surface area contributed by atoms with Crippen LogP contribution in [0.2, 0.25) is 0 Å². The molecule has 21 heavy (non-hydrogen) atoms. The van der Waals surface area contributed by atoms with E-state index < -0.39 is 42.7 Å². The van der Waals surface area contributed by atoms with Crippen molar-refractivity contribution in [3.63, 3.8) is 0 Å². The minimum Gasteiger partial charge on any atom is -0.743 e. The molecule has 0 fully saturated rings. The molecule has 0 aliphatic carbocycles. The first kappa shape index (κ1) is 24.1. The van der Waals surface area contributed by atoms with Gasteiger partial charge in [-0.3, -0.25) is 0 Å². The molecule has 0 aromatic heterocycles. The fraction of sp³-hybridized carbons (Fsp3) is 1.00. The average molecular weight is 402 g/mol. The van der Waals surface area contributed by atoms with Crippen LogP contribution in [-0.2, 0) is 20.3 Å². The van der Waals surface area contributed by atoms with Crippen LogP contribution in [0.15, 0.2) is 0 Å². The van der Waals surface area contributed by atoms with Crippen molar-refractivity contribution in [2.75, 3.05) is 0 Å². The standard InChI is InChI=1S/C4HF9O5S2.K/c5-1(6,3(9,10)19(13,14)15)2(7,8)4(11,12)20(16,17)18;/h(H,16,17,18);/q;+1/p-1. The molecule has 0 amide bonds. The fourth-order valence-electron chi connectivity index (χ4n) is 0.676. The molecule has 122 valence electrons. The van der Waals surface area contributed by atoms with Crippen molar-refractivity contribution < 1.29 is 112 Å². The van der Waals surface area contributed by atoms with Crippen LogP contribution in [0.4, 0.5) is 39.0 Å². The molecule has 0 bridgehead atoms. The summed E-state index contributed by atoms with van der Waals surface area (Å²) in [6, 6.07) is 0. The van der Waals surface area contributed by atoms with Crippen LogP contribution < -0.4 is 51.4 Å². The van der Waals surface area contributed by atoms with Crippen LogP contribution in [0, 0.1) is 0 Å². The Kier molecular flexibility index (Phi) is 6.96. The van der Waals surface area contributed by atoms with Crippen molar-refractivity contribution >= 4 is 20.3 Å². The van der Waals surface area contributed by atoms with Crippen molar-refractivity contribution in [2.45, 2.75) is 22.4 Å². The van der Waals surface area contributed by atoms with E-state index in [1.165, 1.54) is 0 Å². The van der Waals surface area contributed by atoms with Crippen molar-refractivity contribution in [2.24, 2.45) is 0 Å². The minimum atomic E-state index is -7.84. The molecule has 0 saturated carbocycles. The van der Waals surface area contributed by atoms with E-state index in [-0.39, 0.29) is 51.4 Å². The summed E-state index contributed by atoms with van der Waals surface area (Å²) in [4.78, 5) is 0. The van der Waals surface area contributed by atoms with E-state index in [1.54, 1.807) is 0 Å². The second kappa shape index (κ2) is 6.06. The predicted octanol–water partition coefficient (Wildman–Crippen LogP) is -1.71. The minimum absolute atomic E-state index is 0. The molecule has 0 heterocycles. The Bertz CT molecular complexity index is 542. The fourth-order valence-corrected chi connectivity index (χ4v) is 1.55. The van der Waals surface area contributed by atoms with Crippen molar-refractivity contribution in [1.29, 1.82) is 0 Å². The van der Waals surface area contributed by atoms with E-state index in [2.05, 4.69) is 0 Å². The Labute approximate surface area is 153 Å².